The van der Waals surface area contributed by atoms with Gasteiger partial charge >= 0.3 is 0 Å². The van der Waals surface area contributed by atoms with Gasteiger partial charge in [0.2, 0.25) is 5.91 Å². The first-order valence-corrected chi connectivity index (χ1v) is 6.60. The van der Waals surface area contributed by atoms with Crippen molar-refractivity contribution in [3.05, 3.63) is 65.7 Å². The van der Waals surface area contributed by atoms with Gasteiger partial charge in [-0.2, -0.15) is 0 Å². The fraction of sp³-hybridized carbons (Fsp3) is 0.125. The van der Waals surface area contributed by atoms with E-state index in [0.29, 0.717) is 17.8 Å². The van der Waals surface area contributed by atoms with Crippen molar-refractivity contribution >= 4 is 17.5 Å². The van der Waals surface area contributed by atoms with Crippen LogP contribution in [0, 0.1) is 0 Å². The van der Waals surface area contributed by atoms with E-state index in [2.05, 4.69) is 10.6 Å². The number of carbonyl (C=O) groups is 2. The Balaban J connectivity index is 1.86. The fourth-order valence-electron chi connectivity index (χ4n) is 1.89. The molecule has 0 heterocycles. The molecule has 0 aliphatic rings. The largest absolute Gasteiger partial charge is 0.376 e. The number of nitrogens with two attached hydrogens (primary N) is 1. The van der Waals surface area contributed by atoms with E-state index in [9.17, 15) is 9.59 Å². The number of anilines is 1. The molecule has 0 spiro atoms. The van der Waals surface area contributed by atoms with Crippen molar-refractivity contribution < 1.29 is 9.59 Å². The number of para-hydroxylation sites is 1. The third-order valence-electron chi connectivity index (χ3n) is 2.96. The molecule has 21 heavy (non-hydrogen) atoms. The molecule has 0 atom stereocenters. The highest BCUT2D eigenvalue weighted by atomic mass is 16.2. The van der Waals surface area contributed by atoms with Crippen molar-refractivity contribution in [2.75, 3.05) is 11.9 Å². The lowest BCUT2D eigenvalue weighted by atomic mass is 10.1. The quantitative estimate of drug-likeness (QED) is 0.751. The molecule has 0 aliphatic heterocycles. The summed E-state index contributed by atoms with van der Waals surface area (Å²) in [6.45, 7) is 0.552. The Kier molecular flexibility index (Phi) is 4.93. The molecule has 108 valence electrons. The van der Waals surface area contributed by atoms with Crippen molar-refractivity contribution in [2.24, 2.45) is 5.73 Å². The Labute approximate surface area is 123 Å². The minimum absolute atomic E-state index is 0.0805. The minimum atomic E-state index is -0.525. The number of carbonyl (C=O) groups excluding carboxylic acids is 2. The molecule has 5 nitrogen and oxygen atoms in total. The first-order chi connectivity index (χ1) is 10.2. The van der Waals surface area contributed by atoms with Gasteiger partial charge in [0.25, 0.3) is 5.91 Å². The summed E-state index contributed by atoms with van der Waals surface area (Å²) in [5.74, 6) is -0.680. The van der Waals surface area contributed by atoms with Crippen LogP contribution in [0.3, 0.4) is 0 Å². The van der Waals surface area contributed by atoms with Crippen LogP contribution in [-0.4, -0.2) is 18.4 Å². The van der Waals surface area contributed by atoms with Gasteiger partial charge in [-0.3, -0.25) is 9.59 Å². The highest BCUT2D eigenvalue weighted by molar-refractivity contribution is 5.98. The Morgan fingerprint density at radius 1 is 0.952 bits per heavy atom. The maximum Gasteiger partial charge on any atom is 0.250 e. The van der Waals surface area contributed by atoms with Crippen LogP contribution in [0.1, 0.15) is 15.9 Å². The highest BCUT2D eigenvalue weighted by Gasteiger charge is 2.08. The van der Waals surface area contributed by atoms with E-state index in [-0.39, 0.29) is 12.5 Å². The van der Waals surface area contributed by atoms with E-state index < -0.39 is 5.91 Å². The van der Waals surface area contributed by atoms with E-state index in [1.54, 1.807) is 24.3 Å². The first kappa shape index (κ1) is 14.6. The molecule has 2 aromatic rings. The second-order valence-electron chi connectivity index (χ2n) is 4.53. The molecule has 2 amide bonds. The van der Waals surface area contributed by atoms with Crippen LogP contribution in [0.25, 0.3) is 0 Å². The van der Waals surface area contributed by atoms with E-state index >= 15 is 0 Å². The average Bonchev–Trinajstić information content (AvgIpc) is 2.52. The molecule has 0 aliphatic carbocycles. The lowest BCUT2D eigenvalue weighted by molar-refractivity contribution is -0.119. The van der Waals surface area contributed by atoms with Crippen molar-refractivity contribution in [1.29, 1.82) is 0 Å². The van der Waals surface area contributed by atoms with Crippen LogP contribution >= 0.6 is 0 Å². The summed E-state index contributed by atoms with van der Waals surface area (Å²) in [4.78, 5) is 23.0. The predicted octanol–water partition coefficient (Wildman–Crippen LogP) is 1.51. The van der Waals surface area contributed by atoms with Gasteiger partial charge in [-0.1, -0.05) is 42.5 Å². The molecule has 0 fully saturated rings. The minimum Gasteiger partial charge on any atom is -0.376 e. The Bertz CT molecular complexity index is 626. The van der Waals surface area contributed by atoms with Gasteiger partial charge in [0.05, 0.1) is 12.1 Å². The van der Waals surface area contributed by atoms with Crippen LogP contribution in [0.4, 0.5) is 5.69 Å². The highest BCUT2D eigenvalue weighted by Crippen LogP contribution is 2.13. The second kappa shape index (κ2) is 7.09. The molecular weight excluding hydrogens is 266 g/mol. The monoisotopic (exact) mass is 283 g/mol. The van der Waals surface area contributed by atoms with E-state index in [1.165, 1.54) is 0 Å². The molecule has 4 N–H and O–H groups in total. The van der Waals surface area contributed by atoms with Crippen LogP contribution in [-0.2, 0) is 11.3 Å². The smallest absolute Gasteiger partial charge is 0.250 e. The van der Waals surface area contributed by atoms with Gasteiger partial charge in [0, 0.05) is 12.2 Å². The van der Waals surface area contributed by atoms with E-state index in [0.717, 1.165) is 5.56 Å². The van der Waals surface area contributed by atoms with E-state index in [1.807, 2.05) is 30.3 Å². The van der Waals surface area contributed by atoms with Crippen LogP contribution in [0.15, 0.2) is 54.6 Å². The molecule has 0 radical (unpaired) electrons. The first-order valence-electron chi connectivity index (χ1n) is 6.60. The zero-order chi connectivity index (χ0) is 15.1. The fourth-order valence-corrected chi connectivity index (χ4v) is 1.89. The Hall–Kier alpha value is -2.82. The normalized spacial score (nSPS) is 9.90. The Morgan fingerprint density at radius 2 is 1.62 bits per heavy atom. The number of amides is 2. The van der Waals surface area contributed by atoms with Crippen LogP contribution < -0.4 is 16.4 Å². The summed E-state index contributed by atoms with van der Waals surface area (Å²) in [6, 6.07) is 16.5. The molecule has 2 rings (SSSR count). The third kappa shape index (κ3) is 4.35. The van der Waals surface area contributed by atoms with Crippen LogP contribution in [0.2, 0.25) is 0 Å². The van der Waals surface area contributed by atoms with Gasteiger partial charge in [-0.05, 0) is 17.7 Å². The summed E-state index contributed by atoms with van der Waals surface area (Å²) in [5.41, 5.74) is 7.23. The third-order valence-corrected chi connectivity index (χ3v) is 2.96. The number of benzene rings is 2. The van der Waals surface area contributed by atoms with Gasteiger partial charge < -0.3 is 16.4 Å². The molecule has 0 bridgehead atoms. The number of nitrogens with one attached hydrogen (secondary N) is 2. The van der Waals surface area contributed by atoms with Crippen molar-refractivity contribution in [2.45, 2.75) is 6.54 Å². The number of hydrogen-bond donors (Lipinski definition) is 3. The molecular formula is C16H17N3O2. The summed E-state index contributed by atoms with van der Waals surface area (Å²) < 4.78 is 0. The zero-order valence-corrected chi connectivity index (χ0v) is 11.5. The topological polar surface area (TPSA) is 84.2 Å². The number of hydrogen-bond acceptors (Lipinski definition) is 3. The second-order valence-corrected chi connectivity index (χ2v) is 4.53. The van der Waals surface area contributed by atoms with Crippen molar-refractivity contribution in [1.82, 2.24) is 5.32 Å². The zero-order valence-electron chi connectivity index (χ0n) is 11.5. The summed E-state index contributed by atoms with van der Waals surface area (Å²) in [6.07, 6.45) is 0. The summed E-state index contributed by atoms with van der Waals surface area (Å²) in [7, 11) is 0. The predicted molar refractivity (Wildman–Crippen MR) is 81.7 cm³/mol. The molecule has 0 saturated heterocycles. The maximum atomic E-state index is 11.8. The lowest BCUT2D eigenvalue weighted by Gasteiger charge is -2.10. The van der Waals surface area contributed by atoms with Crippen molar-refractivity contribution in [3.63, 3.8) is 0 Å². The van der Waals surface area contributed by atoms with Crippen LogP contribution in [0.5, 0.6) is 0 Å². The van der Waals surface area contributed by atoms with Gasteiger partial charge in [0.15, 0.2) is 0 Å². The molecule has 0 saturated carbocycles. The standard InChI is InChI=1S/C16H17N3O2/c17-16(21)13-8-4-5-9-14(13)18-11-15(20)19-10-12-6-2-1-3-7-12/h1-9,18H,10-11H2,(H2,17,21)(H,19,20). The van der Waals surface area contributed by atoms with Gasteiger partial charge in [0.1, 0.15) is 0 Å². The summed E-state index contributed by atoms with van der Waals surface area (Å²) >= 11 is 0. The SMILES string of the molecule is NC(=O)c1ccccc1NCC(=O)NCc1ccccc1. The lowest BCUT2D eigenvalue weighted by Crippen LogP contribution is -2.30. The molecule has 0 aromatic heterocycles. The molecule has 5 heteroatoms. The number of rotatable bonds is 6. The van der Waals surface area contributed by atoms with Crippen molar-refractivity contribution in [3.8, 4) is 0 Å². The molecule has 0 unspecified atom stereocenters. The summed E-state index contributed by atoms with van der Waals surface area (Å²) in [5, 5.41) is 5.72. The van der Waals surface area contributed by atoms with E-state index in [4.69, 9.17) is 5.73 Å². The Morgan fingerprint density at radius 3 is 2.33 bits per heavy atom. The average molecular weight is 283 g/mol. The van der Waals surface area contributed by atoms with Gasteiger partial charge in [-0.15, -0.1) is 0 Å². The maximum absolute atomic E-state index is 11.8. The number of primary amides is 1. The molecule has 2 aromatic carbocycles. The van der Waals surface area contributed by atoms with Gasteiger partial charge in [-0.25, -0.2) is 0 Å².